The van der Waals surface area contributed by atoms with Crippen LogP contribution in [-0.4, -0.2) is 35.8 Å². The quantitative estimate of drug-likeness (QED) is 0.791. The topological polar surface area (TPSA) is 40.6 Å². The Morgan fingerprint density at radius 1 is 1.26 bits per heavy atom. The molecule has 4 rings (SSSR count). The van der Waals surface area contributed by atoms with Crippen molar-refractivity contribution in [2.75, 3.05) is 18.0 Å². The smallest absolute Gasteiger partial charge is 0.228 e. The molecule has 2 saturated carbocycles. The van der Waals surface area contributed by atoms with E-state index in [9.17, 15) is 9.59 Å². The minimum Gasteiger partial charge on any atom is -0.339 e. The van der Waals surface area contributed by atoms with Gasteiger partial charge in [-0.3, -0.25) is 9.59 Å². The summed E-state index contributed by atoms with van der Waals surface area (Å²) >= 11 is 3.44. The minimum atomic E-state index is -0.180. The average Bonchev–Trinajstić information content (AvgIpc) is 3.43. The van der Waals surface area contributed by atoms with Gasteiger partial charge in [0.1, 0.15) is 0 Å². The van der Waals surface area contributed by atoms with Gasteiger partial charge in [0.05, 0.1) is 5.92 Å². The Morgan fingerprint density at radius 2 is 2.04 bits per heavy atom. The molecule has 4 nitrogen and oxygen atoms in total. The van der Waals surface area contributed by atoms with Crippen LogP contribution < -0.4 is 4.90 Å². The number of benzene rings is 1. The van der Waals surface area contributed by atoms with Crippen LogP contribution in [0.1, 0.15) is 32.1 Å². The van der Waals surface area contributed by atoms with Crippen LogP contribution in [0, 0.1) is 11.8 Å². The maximum Gasteiger partial charge on any atom is 0.228 e. The normalized spacial score (nSPS) is 24.1. The molecule has 3 aliphatic rings. The Balaban J connectivity index is 1.47. The van der Waals surface area contributed by atoms with Crippen molar-refractivity contribution in [2.45, 2.75) is 38.1 Å². The lowest BCUT2D eigenvalue weighted by Crippen LogP contribution is -2.40. The van der Waals surface area contributed by atoms with E-state index in [4.69, 9.17) is 0 Å². The molecular formula is C18H21BrN2O2. The van der Waals surface area contributed by atoms with E-state index in [-0.39, 0.29) is 17.7 Å². The Hall–Kier alpha value is -1.36. The number of hydrogen-bond donors (Lipinski definition) is 0. The van der Waals surface area contributed by atoms with Gasteiger partial charge < -0.3 is 9.80 Å². The zero-order valence-corrected chi connectivity index (χ0v) is 14.7. The van der Waals surface area contributed by atoms with Crippen molar-refractivity contribution in [1.82, 2.24) is 4.90 Å². The van der Waals surface area contributed by atoms with Crippen molar-refractivity contribution in [3.8, 4) is 0 Å². The van der Waals surface area contributed by atoms with Gasteiger partial charge in [-0.05, 0) is 49.8 Å². The van der Waals surface area contributed by atoms with Crippen LogP contribution in [0.3, 0.4) is 0 Å². The maximum atomic E-state index is 12.9. The Bertz CT molecular complexity index is 640. The molecule has 1 unspecified atom stereocenters. The highest BCUT2D eigenvalue weighted by atomic mass is 79.9. The van der Waals surface area contributed by atoms with Crippen LogP contribution in [0.2, 0.25) is 0 Å². The van der Waals surface area contributed by atoms with Crippen molar-refractivity contribution >= 4 is 33.4 Å². The lowest BCUT2D eigenvalue weighted by molar-refractivity contribution is -0.136. The van der Waals surface area contributed by atoms with Gasteiger partial charge in [0.2, 0.25) is 11.8 Å². The van der Waals surface area contributed by atoms with Crippen LogP contribution in [0.5, 0.6) is 0 Å². The molecule has 0 bridgehead atoms. The fraction of sp³-hybridized carbons (Fsp3) is 0.556. The third-order valence-corrected chi connectivity index (χ3v) is 5.51. The van der Waals surface area contributed by atoms with Crippen LogP contribution in [-0.2, 0) is 9.59 Å². The molecule has 1 atom stereocenters. The molecule has 1 aromatic rings. The number of carbonyl (C=O) groups is 2. The number of amides is 2. The predicted octanol–water partition coefficient (Wildman–Crippen LogP) is 3.20. The molecule has 3 fully saturated rings. The number of hydrogen-bond acceptors (Lipinski definition) is 2. The van der Waals surface area contributed by atoms with Crippen LogP contribution in [0.15, 0.2) is 28.7 Å². The summed E-state index contributed by atoms with van der Waals surface area (Å²) < 4.78 is 0.950. The molecular weight excluding hydrogens is 356 g/mol. The van der Waals surface area contributed by atoms with Crippen molar-refractivity contribution in [3.63, 3.8) is 0 Å². The molecule has 0 N–H and O–H groups in total. The molecule has 122 valence electrons. The Morgan fingerprint density at radius 3 is 2.70 bits per heavy atom. The van der Waals surface area contributed by atoms with Crippen molar-refractivity contribution in [3.05, 3.63) is 28.7 Å². The van der Waals surface area contributed by atoms with E-state index >= 15 is 0 Å². The molecule has 2 amide bonds. The summed E-state index contributed by atoms with van der Waals surface area (Å²) in [6, 6.07) is 8.17. The fourth-order valence-corrected chi connectivity index (χ4v) is 3.77. The SMILES string of the molecule is O=C1CC(C(=O)N(CC2CC2)C2CC2)CN1c1cccc(Br)c1. The number of rotatable bonds is 5. The second kappa shape index (κ2) is 5.93. The van der Waals surface area contributed by atoms with Crippen molar-refractivity contribution < 1.29 is 9.59 Å². The minimum absolute atomic E-state index is 0.0589. The molecule has 0 spiro atoms. The maximum absolute atomic E-state index is 12.9. The fourth-order valence-electron chi connectivity index (χ4n) is 3.38. The van der Waals surface area contributed by atoms with Gasteiger partial charge in [0.25, 0.3) is 0 Å². The standard InChI is InChI=1S/C18H21BrN2O2/c19-14-2-1-3-16(9-14)20-11-13(8-17(20)22)18(23)21(15-6-7-15)10-12-4-5-12/h1-3,9,12-13,15H,4-8,10-11H2. The van der Waals surface area contributed by atoms with E-state index in [2.05, 4.69) is 20.8 Å². The zero-order chi connectivity index (χ0) is 16.0. The first-order chi connectivity index (χ1) is 11.1. The summed E-state index contributed by atoms with van der Waals surface area (Å²) in [7, 11) is 0. The molecule has 5 heteroatoms. The van der Waals surface area contributed by atoms with Crippen LogP contribution >= 0.6 is 15.9 Å². The van der Waals surface area contributed by atoms with Crippen LogP contribution in [0.25, 0.3) is 0 Å². The van der Waals surface area contributed by atoms with E-state index in [1.54, 1.807) is 4.90 Å². The summed E-state index contributed by atoms with van der Waals surface area (Å²) in [4.78, 5) is 29.1. The van der Waals surface area contributed by atoms with E-state index < -0.39 is 0 Å². The van der Waals surface area contributed by atoms with Gasteiger partial charge in [-0.25, -0.2) is 0 Å². The van der Waals surface area contributed by atoms with Gasteiger partial charge >= 0.3 is 0 Å². The monoisotopic (exact) mass is 376 g/mol. The van der Waals surface area contributed by atoms with Crippen LogP contribution in [0.4, 0.5) is 5.69 Å². The van der Waals surface area contributed by atoms with Gasteiger partial charge in [-0.15, -0.1) is 0 Å². The van der Waals surface area contributed by atoms with E-state index in [1.165, 1.54) is 12.8 Å². The first kappa shape index (κ1) is 15.2. The summed E-state index contributed by atoms with van der Waals surface area (Å²) in [5.74, 6) is 0.785. The van der Waals surface area contributed by atoms with E-state index in [0.29, 0.717) is 24.9 Å². The number of nitrogens with zero attached hydrogens (tertiary/aromatic N) is 2. The summed E-state index contributed by atoms with van der Waals surface area (Å²) in [6.07, 6.45) is 5.12. The average molecular weight is 377 g/mol. The Kier molecular flexibility index (Phi) is 3.92. The molecule has 1 aromatic carbocycles. The second-order valence-electron chi connectivity index (χ2n) is 7.05. The third kappa shape index (κ3) is 3.30. The molecule has 1 aliphatic heterocycles. The molecule has 1 saturated heterocycles. The first-order valence-electron chi connectivity index (χ1n) is 8.48. The van der Waals surface area contributed by atoms with Crippen molar-refractivity contribution in [2.24, 2.45) is 11.8 Å². The zero-order valence-electron chi connectivity index (χ0n) is 13.1. The summed E-state index contributed by atoms with van der Waals surface area (Å²) in [5, 5.41) is 0. The highest BCUT2D eigenvalue weighted by molar-refractivity contribution is 9.10. The number of halogens is 1. The summed E-state index contributed by atoms with van der Waals surface area (Å²) in [5.41, 5.74) is 0.875. The largest absolute Gasteiger partial charge is 0.339 e. The first-order valence-corrected chi connectivity index (χ1v) is 9.27. The third-order valence-electron chi connectivity index (χ3n) is 5.02. The van der Waals surface area contributed by atoms with Gasteiger partial charge in [-0.1, -0.05) is 22.0 Å². The van der Waals surface area contributed by atoms with Gasteiger partial charge in [0.15, 0.2) is 0 Å². The van der Waals surface area contributed by atoms with Gasteiger partial charge in [-0.2, -0.15) is 0 Å². The van der Waals surface area contributed by atoms with E-state index in [0.717, 1.165) is 29.5 Å². The predicted molar refractivity (Wildman–Crippen MR) is 92.1 cm³/mol. The molecule has 2 aliphatic carbocycles. The summed E-state index contributed by atoms with van der Waals surface area (Å²) in [6.45, 7) is 1.42. The number of anilines is 1. The highest BCUT2D eigenvalue weighted by Gasteiger charge is 2.42. The molecule has 0 aromatic heterocycles. The number of carbonyl (C=O) groups excluding carboxylic acids is 2. The van der Waals surface area contributed by atoms with Gasteiger partial charge in [0, 0.05) is 35.7 Å². The highest BCUT2D eigenvalue weighted by Crippen LogP contribution is 2.37. The lowest BCUT2D eigenvalue weighted by atomic mass is 10.1. The Labute approximate surface area is 145 Å². The molecule has 0 radical (unpaired) electrons. The molecule has 1 heterocycles. The molecule has 23 heavy (non-hydrogen) atoms. The second-order valence-corrected chi connectivity index (χ2v) is 7.97. The lowest BCUT2D eigenvalue weighted by Gasteiger charge is -2.25. The van der Waals surface area contributed by atoms with E-state index in [1.807, 2.05) is 24.3 Å². The van der Waals surface area contributed by atoms with Crippen molar-refractivity contribution in [1.29, 1.82) is 0 Å².